The highest BCUT2D eigenvalue weighted by atomic mass is 14.2. The fourth-order valence-electron chi connectivity index (χ4n) is 7.94. The fraction of sp³-hybridized carbons (Fsp3) is 0.262. The molecule has 65 heavy (non-hydrogen) atoms. The van der Waals surface area contributed by atoms with Gasteiger partial charge < -0.3 is 0 Å². The van der Waals surface area contributed by atoms with Gasteiger partial charge in [-0.05, 0) is 130 Å². The maximum atomic E-state index is 5.06. The second-order valence-electron chi connectivity index (χ2n) is 15.9. The molecule has 0 atom stereocenters. The number of rotatable bonds is 10. The monoisotopic (exact) mass is 857 g/mol. The first-order valence-electron chi connectivity index (χ1n) is 23.7. The summed E-state index contributed by atoms with van der Waals surface area (Å²) in [6.45, 7) is 23.1. The van der Waals surface area contributed by atoms with Gasteiger partial charge in [-0.15, -0.1) is 6.42 Å². The Morgan fingerprint density at radius 3 is 1.54 bits per heavy atom. The average molecular weight is 857 g/mol. The summed E-state index contributed by atoms with van der Waals surface area (Å²) in [5, 5.41) is 7.88. The molecular weight excluding hydrogens is 781 g/mol. The molecule has 0 amide bonds. The summed E-state index contributed by atoms with van der Waals surface area (Å²) in [6, 6.07) is 55.6. The van der Waals surface area contributed by atoms with Crippen LogP contribution >= 0.6 is 0 Å². The van der Waals surface area contributed by atoms with Crippen molar-refractivity contribution < 1.29 is 0 Å². The number of terminal acetylenes is 1. The topological polar surface area (TPSA) is 0 Å². The van der Waals surface area contributed by atoms with Crippen LogP contribution in [-0.4, -0.2) is 0 Å². The van der Waals surface area contributed by atoms with Crippen LogP contribution in [0.1, 0.15) is 114 Å². The van der Waals surface area contributed by atoms with E-state index in [0.29, 0.717) is 0 Å². The van der Waals surface area contributed by atoms with E-state index < -0.39 is 0 Å². The van der Waals surface area contributed by atoms with E-state index >= 15 is 0 Å². The molecule has 336 valence electrons. The fourth-order valence-corrected chi connectivity index (χ4v) is 7.94. The molecular formula is C65H76. The second kappa shape index (κ2) is 27.7. The summed E-state index contributed by atoms with van der Waals surface area (Å²) in [5.41, 5.74) is 15.6. The first-order valence-corrected chi connectivity index (χ1v) is 23.7. The van der Waals surface area contributed by atoms with E-state index in [1.807, 2.05) is 33.8 Å². The summed E-state index contributed by atoms with van der Waals surface area (Å²) in [5.74, 6) is 2.46. The van der Waals surface area contributed by atoms with Gasteiger partial charge in [-0.2, -0.15) is 0 Å². The van der Waals surface area contributed by atoms with Crippen molar-refractivity contribution in [2.75, 3.05) is 0 Å². The molecule has 0 heteroatoms. The SMILES string of the molecule is C.C#C/C=C\C(C)=C(/C)CC.CC.CC.CCC/C=C(\C)CCC.Cc1ccc(-c2ccc3ccc4c(-c5ccccc5-c5ccc(-c6ccccc6)cc5)ccc5ccc2c3c54)cc1. The van der Waals surface area contributed by atoms with Crippen LogP contribution in [0.15, 0.2) is 187 Å². The van der Waals surface area contributed by atoms with Gasteiger partial charge in [-0.3, -0.25) is 0 Å². The van der Waals surface area contributed by atoms with Crippen molar-refractivity contribution in [1.82, 2.24) is 0 Å². The third-order valence-corrected chi connectivity index (χ3v) is 11.6. The lowest BCUT2D eigenvalue weighted by molar-refractivity contribution is 0.876. The van der Waals surface area contributed by atoms with Crippen molar-refractivity contribution in [3.05, 3.63) is 192 Å². The van der Waals surface area contributed by atoms with Crippen LogP contribution in [0.3, 0.4) is 0 Å². The van der Waals surface area contributed by atoms with E-state index in [9.17, 15) is 0 Å². The van der Waals surface area contributed by atoms with Gasteiger partial charge >= 0.3 is 0 Å². The zero-order valence-corrected chi connectivity index (χ0v) is 40.8. The summed E-state index contributed by atoms with van der Waals surface area (Å²) in [7, 11) is 0. The minimum absolute atomic E-state index is 0. The first-order chi connectivity index (χ1) is 31.3. The third-order valence-electron chi connectivity index (χ3n) is 11.6. The average Bonchev–Trinajstić information content (AvgIpc) is 3.36. The smallest absolute Gasteiger partial charge is 0.00203 e. The molecule has 0 fully saturated rings. The standard InChI is InChI=1S/C41H28.C10H14.C9H18.2C2H6.CH4/c1-27-11-13-30(14-12-27)35-23-19-32-22-26-39-37(24-20-33-21-25-38(35)40(32)41(33)39)36-10-6-5-9-34(36)31-17-15-29(16-18-31)28-7-3-2-4-8-28;1-5-7-8-10(4)9(3)6-2;1-4-6-8-9(3)7-5-2;2*1-2;/h2-26H,1H3;1,7-8H,6H2,2-4H3;8H,4-7H2,1-3H3;2*1-2H3;1H4/b;8-7-,10-9+;9-8+;;;. The second-order valence-corrected chi connectivity index (χ2v) is 15.9. The van der Waals surface area contributed by atoms with Crippen molar-refractivity contribution in [2.45, 2.75) is 116 Å². The minimum Gasteiger partial charge on any atom is -0.115 e. The molecule has 0 N–H and O–H groups in total. The zero-order chi connectivity index (χ0) is 46.4. The predicted molar refractivity (Wildman–Crippen MR) is 296 cm³/mol. The van der Waals surface area contributed by atoms with Crippen molar-refractivity contribution in [3.8, 4) is 56.9 Å². The molecule has 0 aliphatic heterocycles. The van der Waals surface area contributed by atoms with E-state index in [0.717, 1.165) is 6.42 Å². The molecule has 0 aromatic heterocycles. The Balaban J connectivity index is 0.000000392. The number of hydrogen-bond donors (Lipinski definition) is 0. The number of allylic oxidation sites excluding steroid dienone is 6. The van der Waals surface area contributed by atoms with Gasteiger partial charge in [-0.1, -0.05) is 261 Å². The largest absolute Gasteiger partial charge is 0.115 e. The van der Waals surface area contributed by atoms with Gasteiger partial charge in [0, 0.05) is 0 Å². The Labute approximate surface area is 395 Å². The molecule has 8 aromatic carbocycles. The molecule has 0 aliphatic carbocycles. The van der Waals surface area contributed by atoms with Gasteiger partial charge in [0.05, 0.1) is 0 Å². The summed E-state index contributed by atoms with van der Waals surface area (Å²) in [4.78, 5) is 0. The molecule has 0 radical (unpaired) electrons. The third kappa shape index (κ3) is 13.8. The Kier molecular flexibility index (Phi) is 22.6. The van der Waals surface area contributed by atoms with Crippen molar-refractivity contribution in [1.29, 1.82) is 0 Å². The molecule has 0 unspecified atom stereocenters. The summed E-state index contributed by atoms with van der Waals surface area (Å²) < 4.78 is 0. The summed E-state index contributed by atoms with van der Waals surface area (Å²) >= 11 is 0. The highest BCUT2D eigenvalue weighted by Crippen LogP contribution is 2.44. The molecule has 0 saturated heterocycles. The van der Waals surface area contributed by atoms with Crippen LogP contribution in [0.2, 0.25) is 0 Å². The first kappa shape index (κ1) is 52.9. The molecule has 0 aliphatic rings. The lowest BCUT2D eigenvalue weighted by Crippen LogP contribution is -1.91. The highest BCUT2D eigenvalue weighted by Gasteiger charge is 2.16. The van der Waals surface area contributed by atoms with Crippen LogP contribution in [0.25, 0.3) is 76.8 Å². The number of aryl methyl sites for hydroxylation is 1. The van der Waals surface area contributed by atoms with E-state index in [1.165, 1.54) is 119 Å². The molecule has 8 aromatic rings. The van der Waals surface area contributed by atoms with E-state index in [-0.39, 0.29) is 7.43 Å². The Morgan fingerprint density at radius 1 is 0.508 bits per heavy atom. The molecule has 8 rings (SSSR count). The highest BCUT2D eigenvalue weighted by molar-refractivity contribution is 6.27. The van der Waals surface area contributed by atoms with Crippen LogP contribution in [0, 0.1) is 19.3 Å². The van der Waals surface area contributed by atoms with E-state index in [2.05, 4.69) is 212 Å². The van der Waals surface area contributed by atoms with Gasteiger partial charge in [-0.25, -0.2) is 0 Å². The Morgan fingerprint density at radius 2 is 0.985 bits per heavy atom. The van der Waals surface area contributed by atoms with Crippen molar-refractivity contribution in [3.63, 3.8) is 0 Å². The van der Waals surface area contributed by atoms with Crippen molar-refractivity contribution in [2.24, 2.45) is 0 Å². The zero-order valence-electron chi connectivity index (χ0n) is 40.8. The maximum Gasteiger partial charge on any atom is -0.00203 e. The van der Waals surface area contributed by atoms with Gasteiger partial charge in [0.1, 0.15) is 0 Å². The molecule has 0 bridgehead atoms. The Bertz CT molecular complexity index is 2760. The van der Waals surface area contributed by atoms with E-state index in [4.69, 9.17) is 6.42 Å². The van der Waals surface area contributed by atoms with Crippen LogP contribution in [-0.2, 0) is 0 Å². The number of unbranched alkanes of at least 4 members (excludes halogenated alkanes) is 1. The normalized spacial score (nSPS) is 11.1. The lowest BCUT2D eigenvalue weighted by atomic mass is 9.85. The number of benzene rings is 8. The Hall–Kier alpha value is -6.42. The maximum absolute atomic E-state index is 5.06. The molecule has 0 heterocycles. The van der Waals surface area contributed by atoms with Crippen LogP contribution in [0.5, 0.6) is 0 Å². The van der Waals surface area contributed by atoms with Gasteiger partial charge in [0.15, 0.2) is 0 Å². The van der Waals surface area contributed by atoms with Gasteiger partial charge in [0.2, 0.25) is 0 Å². The van der Waals surface area contributed by atoms with Gasteiger partial charge in [0.25, 0.3) is 0 Å². The lowest BCUT2D eigenvalue weighted by Gasteiger charge is -2.18. The molecule has 0 spiro atoms. The number of hydrogen-bond acceptors (Lipinski definition) is 0. The summed E-state index contributed by atoms with van der Waals surface area (Å²) in [6.07, 6.45) is 17.3. The molecule has 0 nitrogen and oxygen atoms in total. The minimum atomic E-state index is 0. The quantitative estimate of drug-likeness (QED) is 0.0556. The van der Waals surface area contributed by atoms with Crippen molar-refractivity contribution >= 4 is 32.3 Å². The van der Waals surface area contributed by atoms with Crippen LogP contribution < -0.4 is 0 Å². The van der Waals surface area contributed by atoms with E-state index in [1.54, 1.807) is 11.6 Å². The predicted octanol–water partition coefficient (Wildman–Crippen LogP) is 20.7. The van der Waals surface area contributed by atoms with Crippen LogP contribution in [0.4, 0.5) is 0 Å². The molecule has 0 saturated carbocycles.